The molecule has 0 bridgehead atoms. The molecule has 0 aliphatic heterocycles. The number of benzene rings is 2. The third kappa shape index (κ3) is 3.28. The van der Waals surface area contributed by atoms with Crippen LogP contribution in [0.4, 0.5) is 10.1 Å². The summed E-state index contributed by atoms with van der Waals surface area (Å²) in [7, 11) is 1.61. The molecular formula is C19H18FN3O2. The first kappa shape index (κ1) is 16.8. The molecule has 6 heteroatoms. The van der Waals surface area contributed by atoms with Crippen molar-refractivity contribution in [2.24, 2.45) is 7.05 Å². The maximum Gasteiger partial charge on any atom is 0.280 e. The van der Waals surface area contributed by atoms with Gasteiger partial charge in [-0.15, -0.1) is 0 Å². The van der Waals surface area contributed by atoms with Gasteiger partial charge in [-0.2, -0.15) is 5.10 Å². The fourth-order valence-corrected chi connectivity index (χ4v) is 2.64. The van der Waals surface area contributed by atoms with Crippen LogP contribution in [0.1, 0.15) is 35.8 Å². The topological polar surface area (TPSA) is 64.0 Å². The van der Waals surface area contributed by atoms with E-state index in [9.17, 15) is 14.0 Å². The zero-order valence-electron chi connectivity index (χ0n) is 14.2. The van der Waals surface area contributed by atoms with Crippen molar-refractivity contribution in [3.8, 4) is 0 Å². The Labute approximate surface area is 144 Å². The van der Waals surface area contributed by atoms with Gasteiger partial charge in [0, 0.05) is 12.7 Å². The highest BCUT2D eigenvalue weighted by Crippen LogP contribution is 2.17. The molecule has 0 spiro atoms. The van der Waals surface area contributed by atoms with Crippen LogP contribution >= 0.6 is 0 Å². The predicted molar refractivity (Wildman–Crippen MR) is 95.4 cm³/mol. The van der Waals surface area contributed by atoms with Crippen LogP contribution < -0.4 is 10.7 Å². The Balaban J connectivity index is 1.97. The molecule has 0 aliphatic rings. The molecule has 0 saturated heterocycles. The Hall–Kier alpha value is -3.02. The van der Waals surface area contributed by atoms with Crippen molar-refractivity contribution in [3.05, 3.63) is 69.8 Å². The van der Waals surface area contributed by atoms with Crippen molar-refractivity contribution in [2.75, 3.05) is 5.32 Å². The lowest BCUT2D eigenvalue weighted by atomic mass is 10.0. The van der Waals surface area contributed by atoms with E-state index in [1.807, 2.05) is 12.1 Å². The van der Waals surface area contributed by atoms with E-state index in [0.717, 1.165) is 11.6 Å². The smallest absolute Gasteiger partial charge is 0.280 e. The van der Waals surface area contributed by atoms with Crippen molar-refractivity contribution in [3.63, 3.8) is 0 Å². The molecule has 2 aromatic carbocycles. The third-order valence-corrected chi connectivity index (χ3v) is 4.07. The summed E-state index contributed by atoms with van der Waals surface area (Å²) in [5.74, 6) is -0.774. The largest absolute Gasteiger partial charge is 0.320 e. The van der Waals surface area contributed by atoms with Crippen LogP contribution in [0.3, 0.4) is 0 Å². The summed E-state index contributed by atoms with van der Waals surface area (Å²) in [5, 5.41) is 6.83. The maximum absolute atomic E-state index is 13.5. The van der Waals surface area contributed by atoms with Crippen molar-refractivity contribution >= 4 is 22.5 Å². The lowest BCUT2D eigenvalue weighted by molar-refractivity contribution is 0.101. The van der Waals surface area contributed by atoms with Crippen LogP contribution in [0.2, 0.25) is 0 Å². The SMILES string of the molecule is CC(C)c1ccc(NC(=O)c2nn(C)c3ccc(F)cc3c2=O)cc1. The van der Waals surface area contributed by atoms with E-state index in [4.69, 9.17) is 0 Å². The Bertz CT molecular complexity index is 1010. The second-order valence-corrected chi connectivity index (χ2v) is 6.19. The van der Waals surface area contributed by atoms with Crippen LogP contribution in [0.25, 0.3) is 10.9 Å². The van der Waals surface area contributed by atoms with E-state index in [1.54, 1.807) is 19.2 Å². The summed E-state index contributed by atoms with van der Waals surface area (Å²) in [4.78, 5) is 25.0. The number of nitrogens with one attached hydrogen (secondary N) is 1. The zero-order valence-corrected chi connectivity index (χ0v) is 14.2. The van der Waals surface area contributed by atoms with Gasteiger partial charge < -0.3 is 5.32 Å². The number of carbonyl (C=O) groups is 1. The van der Waals surface area contributed by atoms with Crippen LogP contribution in [0.15, 0.2) is 47.3 Å². The average Bonchev–Trinajstić information content (AvgIpc) is 2.58. The third-order valence-electron chi connectivity index (χ3n) is 4.07. The molecular weight excluding hydrogens is 321 g/mol. The van der Waals surface area contributed by atoms with Crippen LogP contribution in [-0.2, 0) is 7.05 Å². The van der Waals surface area contributed by atoms with Gasteiger partial charge in [0.15, 0.2) is 5.69 Å². The molecule has 1 aromatic heterocycles. The van der Waals surface area contributed by atoms with Crippen molar-refractivity contribution in [1.29, 1.82) is 0 Å². The monoisotopic (exact) mass is 339 g/mol. The van der Waals surface area contributed by atoms with E-state index < -0.39 is 17.2 Å². The molecule has 0 atom stereocenters. The Morgan fingerprint density at radius 2 is 1.84 bits per heavy atom. The lowest BCUT2D eigenvalue weighted by Gasteiger charge is -2.10. The normalized spacial score (nSPS) is 11.1. The number of fused-ring (bicyclic) bond motifs is 1. The van der Waals surface area contributed by atoms with E-state index in [1.165, 1.54) is 16.8 Å². The average molecular weight is 339 g/mol. The number of aromatic nitrogens is 2. The molecule has 3 rings (SSSR count). The molecule has 128 valence electrons. The number of aryl methyl sites for hydroxylation is 1. The van der Waals surface area contributed by atoms with Crippen molar-refractivity contribution < 1.29 is 9.18 Å². The van der Waals surface area contributed by atoms with Crippen LogP contribution in [0.5, 0.6) is 0 Å². The summed E-state index contributed by atoms with van der Waals surface area (Å²) in [6, 6.07) is 11.2. The van der Waals surface area contributed by atoms with Crippen molar-refractivity contribution in [2.45, 2.75) is 19.8 Å². The predicted octanol–water partition coefficient (Wildman–Crippen LogP) is 3.45. The first-order chi connectivity index (χ1) is 11.9. The summed E-state index contributed by atoms with van der Waals surface area (Å²) in [6.45, 7) is 4.16. The highest BCUT2D eigenvalue weighted by atomic mass is 19.1. The molecule has 1 N–H and O–H groups in total. The van der Waals surface area contributed by atoms with Gasteiger partial charge in [0.1, 0.15) is 5.82 Å². The number of halogens is 1. The van der Waals surface area contributed by atoms with Gasteiger partial charge in [-0.1, -0.05) is 26.0 Å². The van der Waals surface area contributed by atoms with Gasteiger partial charge in [-0.05, 0) is 41.8 Å². The van der Waals surface area contributed by atoms with Gasteiger partial charge in [0.2, 0.25) is 5.43 Å². The molecule has 5 nitrogen and oxygen atoms in total. The molecule has 0 radical (unpaired) electrons. The number of hydrogen-bond donors (Lipinski definition) is 1. The van der Waals surface area contributed by atoms with Gasteiger partial charge in [-0.3, -0.25) is 14.3 Å². The minimum absolute atomic E-state index is 0.123. The number of amides is 1. The van der Waals surface area contributed by atoms with E-state index in [-0.39, 0.29) is 11.1 Å². The number of carbonyl (C=O) groups excluding carboxylic acids is 1. The maximum atomic E-state index is 13.5. The summed E-state index contributed by atoms with van der Waals surface area (Å²) < 4.78 is 14.9. The van der Waals surface area contributed by atoms with E-state index >= 15 is 0 Å². The molecule has 0 fully saturated rings. The second kappa shape index (κ2) is 6.47. The molecule has 3 aromatic rings. The van der Waals surface area contributed by atoms with E-state index in [0.29, 0.717) is 17.1 Å². The Kier molecular flexibility index (Phi) is 4.35. The number of hydrogen-bond acceptors (Lipinski definition) is 3. The Morgan fingerprint density at radius 1 is 1.16 bits per heavy atom. The molecule has 0 unspecified atom stereocenters. The van der Waals surface area contributed by atoms with Gasteiger partial charge in [0.05, 0.1) is 10.9 Å². The van der Waals surface area contributed by atoms with E-state index in [2.05, 4.69) is 24.3 Å². The highest BCUT2D eigenvalue weighted by molar-refractivity contribution is 6.04. The number of rotatable bonds is 3. The fraction of sp³-hybridized carbons (Fsp3) is 0.211. The highest BCUT2D eigenvalue weighted by Gasteiger charge is 2.17. The molecule has 1 amide bonds. The number of nitrogens with zero attached hydrogens (tertiary/aromatic N) is 2. The molecule has 0 aliphatic carbocycles. The lowest BCUT2D eigenvalue weighted by Crippen LogP contribution is -2.26. The minimum atomic E-state index is -0.621. The summed E-state index contributed by atoms with van der Waals surface area (Å²) >= 11 is 0. The molecule has 0 saturated carbocycles. The zero-order chi connectivity index (χ0) is 18.1. The minimum Gasteiger partial charge on any atom is -0.320 e. The van der Waals surface area contributed by atoms with Gasteiger partial charge >= 0.3 is 0 Å². The second-order valence-electron chi connectivity index (χ2n) is 6.19. The standard InChI is InChI=1S/C19H18FN3O2/c1-11(2)12-4-7-14(8-5-12)21-19(25)17-18(24)15-10-13(20)6-9-16(15)23(3)22-17/h4-11H,1-3H3,(H,21,25). The first-order valence-corrected chi connectivity index (χ1v) is 7.94. The number of anilines is 1. The quantitative estimate of drug-likeness (QED) is 0.795. The molecule has 25 heavy (non-hydrogen) atoms. The summed E-state index contributed by atoms with van der Waals surface area (Å²) in [6.07, 6.45) is 0. The van der Waals surface area contributed by atoms with Crippen molar-refractivity contribution in [1.82, 2.24) is 9.78 Å². The van der Waals surface area contributed by atoms with Gasteiger partial charge in [0.25, 0.3) is 5.91 Å². The Morgan fingerprint density at radius 3 is 2.48 bits per heavy atom. The van der Waals surface area contributed by atoms with Gasteiger partial charge in [-0.25, -0.2) is 4.39 Å². The van der Waals surface area contributed by atoms with Crippen LogP contribution in [0, 0.1) is 5.82 Å². The summed E-state index contributed by atoms with van der Waals surface area (Å²) in [5.41, 5.74) is 1.31. The molecule has 1 heterocycles. The first-order valence-electron chi connectivity index (χ1n) is 7.94. The van der Waals surface area contributed by atoms with Crippen LogP contribution in [-0.4, -0.2) is 15.7 Å². The fourth-order valence-electron chi connectivity index (χ4n) is 2.64.